The molecule has 0 spiro atoms. The van der Waals surface area contributed by atoms with Crippen LogP contribution in [0.4, 0.5) is 11.8 Å². The largest absolute Gasteiger partial charge is 0.480 e. The Kier molecular flexibility index (Phi) is 18.1. The first kappa shape index (κ1) is 61.5. The molecule has 0 bridgehead atoms. The van der Waals surface area contributed by atoms with E-state index in [1.54, 1.807) is 0 Å². The number of nitrogens with zero attached hydrogens (tertiary/aromatic N) is 13. The van der Waals surface area contributed by atoms with Crippen LogP contribution in [0.1, 0.15) is 143 Å². The number of rotatable bonds is 11. The Balaban J connectivity index is 0.000000117. The molecule has 0 radical (unpaired) electrons. The Morgan fingerprint density at radius 2 is 1.07 bits per heavy atom. The number of anilines is 2. The Bertz CT molecular complexity index is 4780. The van der Waals surface area contributed by atoms with Gasteiger partial charge in [-0.2, -0.15) is 25.4 Å². The Labute approximate surface area is 531 Å². The number of nitrogens with one attached hydrogen (secondary N) is 3. The molecule has 91 heavy (non-hydrogen) atoms. The second-order valence-corrected chi connectivity index (χ2v) is 24.7. The van der Waals surface area contributed by atoms with Crippen LogP contribution in [0, 0.1) is 39.3 Å². The highest BCUT2D eigenvalue weighted by atomic mass is 32.1. The number of hydrogen-bond donors (Lipinski definition) is 5. The summed E-state index contributed by atoms with van der Waals surface area (Å²) in [5.41, 5.74) is 26.8. The van der Waals surface area contributed by atoms with E-state index in [1.807, 2.05) is 70.4 Å². The highest BCUT2D eigenvalue weighted by Crippen LogP contribution is 2.40. The van der Waals surface area contributed by atoms with Gasteiger partial charge in [0.05, 0.1) is 42.3 Å². The molecule has 7 N–H and O–H groups in total. The summed E-state index contributed by atoms with van der Waals surface area (Å²) < 4.78 is 13.8. The number of benzene rings is 4. The zero-order chi connectivity index (χ0) is 63.4. The maximum atomic E-state index is 12.3. The van der Waals surface area contributed by atoms with Crippen molar-refractivity contribution in [3.63, 3.8) is 0 Å². The monoisotopic (exact) mass is 1240 g/mol. The first-order valence-electron chi connectivity index (χ1n) is 31.7. The maximum absolute atomic E-state index is 12.3. The van der Waals surface area contributed by atoms with Crippen LogP contribution in [0.15, 0.2) is 113 Å². The molecule has 4 aromatic carbocycles. The van der Waals surface area contributed by atoms with Crippen molar-refractivity contribution in [2.45, 2.75) is 156 Å². The van der Waals surface area contributed by atoms with Crippen LogP contribution in [-0.2, 0) is 6.54 Å². The molecular formula is C69H78N18O3S. The number of aryl methyl sites for hydroxylation is 6. The van der Waals surface area contributed by atoms with Gasteiger partial charge >= 0.3 is 5.69 Å². The number of methoxy groups -OCH3 is 1. The van der Waals surface area contributed by atoms with Gasteiger partial charge in [-0.1, -0.05) is 165 Å². The van der Waals surface area contributed by atoms with Crippen LogP contribution < -0.4 is 27.5 Å². The average molecular weight is 1240 g/mol. The molecule has 0 aliphatic heterocycles. The number of nitrogen functional groups attached to an aromatic ring is 2. The van der Waals surface area contributed by atoms with E-state index >= 15 is 0 Å². The molecular weight excluding hydrogens is 1160 g/mol. The molecule has 22 heteroatoms. The van der Waals surface area contributed by atoms with Gasteiger partial charge in [0.1, 0.15) is 61.1 Å². The second-order valence-electron chi connectivity index (χ2n) is 24.3. The zero-order valence-corrected chi connectivity index (χ0v) is 53.6. The number of aromatic nitrogens is 16. The standard InChI is InChI=1S/C18H21N5.C18H20N4O2.C17H18N4O.C16H19N5S/c1-11-7-9-13(10-8-11)16-15-17(19)20-12(2)21-18(15)23(22-16)14-5-3-4-6-14;1-11-6-5-7-12(10-11)15-14-16(19-18(23)20-17(14)24-2)22(21-15)13-8-3-4-9-13;1-11-5-4-6-12(9-11)15-14-16(18-10-19-17(14)22)21(20-15)13-7-2-3-8-13;1-3-4-8-21-14-12(15(22)19-16(17)18-14)13(20-21)11-7-5-6-10(2)9-11/h7-10,14H,3-6H2,1-2H3,(H2,19,20,21);5-7,10,13H,3-4,8-9H2,1-2H3,(H,19,20,23);4-6,9-10,13H,2-3,7-8H2,1H3,(H,18,19,22);5-7,9H,3-4,8H2,1-2H3,(H3,17,18,19,22). The van der Waals surface area contributed by atoms with Gasteiger partial charge < -0.3 is 26.2 Å². The third kappa shape index (κ3) is 12.9. The van der Waals surface area contributed by atoms with E-state index < -0.39 is 5.69 Å². The fraction of sp³-hybridized carbons (Fsp3) is 0.362. The number of H-pyrrole nitrogens is 3. The minimum Gasteiger partial charge on any atom is -0.480 e. The predicted molar refractivity (Wildman–Crippen MR) is 363 cm³/mol. The van der Waals surface area contributed by atoms with Gasteiger partial charge in [-0.05, 0) is 97.8 Å². The summed E-state index contributed by atoms with van der Waals surface area (Å²) in [5.74, 6) is 1.87. The lowest BCUT2D eigenvalue weighted by Gasteiger charge is -2.10. The summed E-state index contributed by atoms with van der Waals surface area (Å²) in [7, 11) is 1.54. The Hall–Kier alpha value is -9.70. The second kappa shape index (κ2) is 26.8. The quantitative estimate of drug-likeness (QED) is 0.0753. The molecule has 3 aliphatic rings. The van der Waals surface area contributed by atoms with Crippen LogP contribution in [0.2, 0.25) is 0 Å². The average Bonchev–Trinajstić information content (AvgIpc) is 1.67. The Morgan fingerprint density at radius 1 is 0.549 bits per heavy atom. The third-order valence-electron chi connectivity index (χ3n) is 17.5. The highest BCUT2D eigenvalue weighted by molar-refractivity contribution is 7.71. The molecule has 8 aromatic heterocycles. The van der Waals surface area contributed by atoms with Crippen LogP contribution in [-0.4, -0.2) is 86.1 Å². The van der Waals surface area contributed by atoms with Crippen molar-refractivity contribution in [2.24, 2.45) is 0 Å². The predicted octanol–water partition coefficient (Wildman–Crippen LogP) is 14.1. The van der Waals surface area contributed by atoms with Gasteiger partial charge in [-0.15, -0.1) is 0 Å². The number of fused-ring (bicyclic) bond motifs is 4. The summed E-state index contributed by atoms with van der Waals surface area (Å²) >= 11 is 5.42. The molecule has 12 aromatic rings. The lowest BCUT2D eigenvalue weighted by atomic mass is 10.1. The summed E-state index contributed by atoms with van der Waals surface area (Å²) in [6.07, 6.45) is 17.6. The number of ether oxygens (including phenoxy) is 1. The fourth-order valence-electron chi connectivity index (χ4n) is 13.0. The van der Waals surface area contributed by atoms with Crippen LogP contribution >= 0.6 is 12.2 Å². The molecule has 0 atom stereocenters. The highest BCUT2D eigenvalue weighted by Gasteiger charge is 2.29. The summed E-state index contributed by atoms with van der Waals surface area (Å²) in [6, 6.07) is 34.0. The fourth-order valence-corrected chi connectivity index (χ4v) is 13.3. The van der Waals surface area contributed by atoms with E-state index in [2.05, 4.69) is 127 Å². The third-order valence-corrected chi connectivity index (χ3v) is 17.8. The van der Waals surface area contributed by atoms with Crippen molar-refractivity contribution < 1.29 is 4.74 Å². The van der Waals surface area contributed by atoms with Gasteiger partial charge in [-0.3, -0.25) is 9.78 Å². The number of nitrogens with two attached hydrogens (primary N) is 2. The van der Waals surface area contributed by atoms with Gasteiger partial charge in [0, 0.05) is 28.8 Å². The molecule has 0 saturated heterocycles. The van der Waals surface area contributed by atoms with Gasteiger partial charge in [0.2, 0.25) is 5.88 Å². The molecule has 0 unspecified atom stereocenters. The summed E-state index contributed by atoms with van der Waals surface area (Å²) in [5, 5.41) is 22.4. The number of aromatic amines is 3. The van der Waals surface area contributed by atoms with Crippen molar-refractivity contribution in [3.05, 3.63) is 157 Å². The minimum absolute atomic E-state index is 0.120. The van der Waals surface area contributed by atoms with E-state index in [9.17, 15) is 9.59 Å². The molecule has 3 aliphatic carbocycles. The van der Waals surface area contributed by atoms with E-state index in [1.165, 1.54) is 63.1 Å². The van der Waals surface area contributed by atoms with Crippen LogP contribution in [0.5, 0.6) is 5.88 Å². The van der Waals surface area contributed by atoms with E-state index in [4.69, 9.17) is 48.8 Å². The van der Waals surface area contributed by atoms with Gasteiger partial charge in [-0.25, -0.2) is 43.5 Å². The maximum Gasteiger partial charge on any atom is 0.349 e. The lowest BCUT2D eigenvalue weighted by Crippen LogP contribution is -2.15. The van der Waals surface area contributed by atoms with E-state index in [0.717, 1.165) is 142 Å². The van der Waals surface area contributed by atoms with Crippen LogP contribution in [0.3, 0.4) is 0 Å². The first-order valence-corrected chi connectivity index (χ1v) is 32.1. The normalized spacial score (nSPS) is 14.5. The minimum atomic E-state index is -0.408. The molecule has 21 nitrogen and oxygen atoms in total. The first-order chi connectivity index (χ1) is 44.1. The Morgan fingerprint density at radius 3 is 1.62 bits per heavy atom. The van der Waals surface area contributed by atoms with Crippen LogP contribution in [0.25, 0.3) is 89.2 Å². The van der Waals surface area contributed by atoms with Crippen molar-refractivity contribution in [1.29, 1.82) is 0 Å². The molecule has 3 saturated carbocycles. The van der Waals surface area contributed by atoms with Gasteiger partial charge in [0.25, 0.3) is 5.56 Å². The molecule has 468 valence electrons. The van der Waals surface area contributed by atoms with Crippen molar-refractivity contribution in [2.75, 3.05) is 18.6 Å². The smallest absolute Gasteiger partial charge is 0.349 e. The summed E-state index contributed by atoms with van der Waals surface area (Å²) in [6.45, 7) is 13.1. The zero-order valence-electron chi connectivity index (χ0n) is 52.8. The van der Waals surface area contributed by atoms with Crippen molar-refractivity contribution >= 4 is 68.1 Å². The van der Waals surface area contributed by atoms with Crippen molar-refractivity contribution in [3.8, 4) is 50.9 Å². The molecule has 15 rings (SSSR count). The van der Waals surface area contributed by atoms with Gasteiger partial charge in [0.15, 0.2) is 17.2 Å². The molecule has 8 heterocycles. The molecule has 3 fully saturated rings. The van der Waals surface area contributed by atoms with E-state index in [0.29, 0.717) is 62.9 Å². The number of hydrogen-bond acceptors (Lipinski definition) is 15. The number of unbranched alkanes of at least 4 members (excludes halogenated alkanes) is 1. The van der Waals surface area contributed by atoms with Crippen molar-refractivity contribution in [1.82, 2.24) is 79.0 Å². The summed E-state index contributed by atoms with van der Waals surface area (Å²) in [4.78, 5) is 54.5. The lowest BCUT2D eigenvalue weighted by molar-refractivity contribution is 0.401. The van der Waals surface area contributed by atoms with E-state index in [-0.39, 0.29) is 5.56 Å². The molecule has 0 amide bonds. The topological polar surface area (TPSA) is 279 Å². The SMILES string of the molecule is CCCCn1nc(-c2cccc(C)c2)c2c(=S)nc(N)[nH]c21.COc1nc(=O)[nH]c2c1c(-c1cccc(C)c1)nn2C1CCCC1.Cc1ccc(-c2nn(C3CCCC3)c3nc(C)nc(N)c23)cc1.Cc1cccc(-c2nn(C3CCCC3)c3nc[nH]c(=O)c23)c1.